The van der Waals surface area contributed by atoms with Gasteiger partial charge in [-0.2, -0.15) is 8.42 Å². The van der Waals surface area contributed by atoms with E-state index in [2.05, 4.69) is 0 Å². The summed E-state index contributed by atoms with van der Waals surface area (Å²) in [5, 5.41) is 0. The van der Waals surface area contributed by atoms with Crippen molar-refractivity contribution in [1.82, 2.24) is 0 Å². The van der Waals surface area contributed by atoms with Crippen LogP contribution in [0.25, 0.3) is 0 Å². The first-order valence-corrected chi connectivity index (χ1v) is 2.10. The zero-order valence-electron chi connectivity index (χ0n) is 3.53. The van der Waals surface area contributed by atoms with E-state index in [1.54, 1.807) is 0 Å². The molecule has 0 atom stereocenters. The molecule has 0 aromatic heterocycles. The smallest absolute Gasteiger partial charge is 0.264 e. The average molecular weight is 229 g/mol. The second-order valence-electron chi connectivity index (χ2n) is 0.448. The van der Waals surface area contributed by atoms with E-state index in [1.807, 2.05) is 0 Å². The SMILES string of the molecule is O=S(=O)(O)O.[Zn].[Zn]. The molecule has 0 unspecified atom stereocenters. The summed E-state index contributed by atoms with van der Waals surface area (Å²) in [6, 6.07) is 0. The van der Waals surface area contributed by atoms with Crippen LogP contribution in [0.1, 0.15) is 0 Å². The molecule has 0 aliphatic heterocycles. The Morgan fingerprint density at radius 2 is 1.00 bits per heavy atom. The summed E-state index contributed by atoms with van der Waals surface area (Å²) < 4.78 is 31.6. The fourth-order valence-electron chi connectivity index (χ4n) is 0. The van der Waals surface area contributed by atoms with E-state index in [9.17, 15) is 0 Å². The van der Waals surface area contributed by atoms with Crippen molar-refractivity contribution in [2.75, 3.05) is 0 Å². The standard InChI is InChI=1S/H2O4S.2Zn/c1-5(2,3)4;;/h(H2,1,2,3,4);;. The maximum atomic E-state index is 8.74. The molecule has 0 saturated carbocycles. The predicted octanol–water partition coefficient (Wildman–Crippen LogP) is -0.658. The molecule has 0 aromatic rings. The first-order valence-electron chi connectivity index (χ1n) is 0.698. The van der Waals surface area contributed by atoms with Crippen LogP contribution in [0.15, 0.2) is 0 Å². The molecule has 0 aromatic carbocycles. The molecule has 0 amide bonds. The monoisotopic (exact) mass is 226 g/mol. The van der Waals surface area contributed by atoms with Crippen LogP contribution in [-0.2, 0) is 49.4 Å². The van der Waals surface area contributed by atoms with Crippen LogP contribution in [0.5, 0.6) is 0 Å². The normalized spacial score (nSPS) is 8.29. The van der Waals surface area contributed by atoms with Gasteiger partial charge in [-0.15, -0.1) is 0 Å². The largest absolute Gasteiger partial charge is 0.394 e. The third-order valence-electron chi connectivity index (χ3n) is 0. The van der Waals surface area contributed by atoms with Gasteiger partial charge in [0.05, 0.1) is 0 Å². The fraction of sp³-hybridized carbons (Fsp3) is 0. The maximum Gasteiger partial charge on any atom is 0.394 e. The van der Waals surface area contributed by atoms with E-state index in [0.29, 0.717) is 0 Å². The van der Waals surface area contributed by atoms with E-state index in [1.165, 1.54) is 0 Å². The Balaban J connectivity index is -0.0000000800. The van der Waals surface area contributed by atoms with Gasteiger partial charge < -0.3 is 0 Å². The molecular weight excluding hydrogens is 227 g/mol. The summed E-state index contributed by atoms with van der Waals surface area (Å²) in [5.74, 6) is 0. The summed E-state index contributed by atoms with van der Waals surface area (Å²) in [6.45, 7) is 0. The second-order valence-corrected chi connectivity index (χ2v) is 1.34. The van der Waals surface area contributed by atoms with E-state index in [-0.39, 0.29) is 39.0 Å². The molecule has 7 heteroatoms. The summed E-state index contributed by atoms with van der Waals surface area (Å²) in [5.41, 5.74) is 0. The number of rotatable bonds is 0. The average Bonchev–Trinajstić information content (AvgIpc) is 0.722. The minimum absolute atomic E-state index is 0. The van der Waals surface area contributed by atoms with Gasteiger partial charge in [0, 0.05) is 39.0 Å². The van der Waals surface area contributed by atoms with Gasteiger partial charge >= 0.3 is 10.4 Å². The van der Waals surface area contributed by atoms with Gasteiger partial charge in [0.25, 0.3) is 0 Å². The van der Waals surface area contributed by atoms with E-state index < -0.39 is 10.4 Å². The van der Waals surface area contributed by atoms with Crippen molar-refractivity contribution >= 4 is 10.4 Å². The van der Waals surface area contributed by atoms with Crippen LogP contribution in [-0.4, -0.2) is 17.5 Å². The molecule has 2 N–H and O–H groups in total. The van der Waals surface area contributed by atoms with Gasteiger partial charge in [-0.1, -0.05) is 0 Å². The minimum Gasteiger partial charge on any atom is -0.264 e. The third kappa shape index (κ3) is 149. The topological polar surface area (TPSA) is 74.6 Å². The molecule has 0 radical (unpaired) electrons. The molecule has 0 rings (SSSR count). The quantitative estimate of drug-likeness (QED) is 0.427. The van der Waals surface area contributed by atoms with Crippen molar-refractivity contribution in [3.05, 3.63) is 0 Å². The van der Waals surface area contributed by atoms with Crippen molar-refractivity contribution in [1.29, 1.82) is 0 Å². The zero-order valence-corrected chi connectivity index (χ0v) is 10.3. The molecule has 0 fully saturated rings. The first-order chi connectivity index (χ1) is 2.00. The van der Waals surface area contributed by atoms with Crippen molar-refractivity contribution in [2.45, 2.75) is 0 Å². The van der Waals surface area contributed by atoms with Gasteiger partial charge in [0.15, 0.2) is 0 Å². The summed E-state index contributed by atoms with van der Waals surface area (Å²) in [7, 11) is -4.67. The van der Waals surface area contributed by atoms with Crippen LogP contribution < -0.4 is 0 Å². The van der Waals surface area contributed by atoms with Gasteiger partial charge in [-0.05, 0) is 0 Å². The molecule has 0 heterocycles. The molecule has 0 saturated heterocycles. The van der Waals surface area contributed by atoms with Gasteiger partial charge in [-0.3, -0.25) is 9.11 Å². The Hall–Kier alpha value is 1.12. The summed E-state index contributed by atoms with van der Waals surface area (Å²) >= 11 is 0. The summed E-state index contributed by atoms with van der Waals surface area (Å²) in [6.07, 6.45) is 0. The van der Waals surface area contributed by atoms with E-state index >= 15 is 0 Å². The van der Waals surface area contributed by atoms with Crippen LogP contribution in [0.3, 0.4) is 0 Å². The molecular formula is H2O4SZn2. The molecule has 0 aliphatic rings. The number of hydrogen-bond acceptors (Lipinski definition) is 2. The molecule has 0 bridgehead atoms. The van der Waals surface area contributed by atoms with Gasteiger partial charge in [-0.25, -0.2) is 0 Å². The Morgan fingerprint density at radius 3 is 1.00 bits per heavy atom. The molecule has 4 nitrogen and oxygen atoms in total. The Labute approximate surface area is 66.8 Å². The van der Waals surface area contributed by atoms with E-state index in [0.717, 1.165) is 0 Å². The van der Waals surface area contributed by atoms with Crippen LogP contribution in [0, 0.1) is 0 Å². The van der Waals surface area contributed by atoms with Crippen LogP contribution in [0.4, 0.5) is 0 Å². The number of hydrogen-bond donors (Lipinski definition) is 2. The van der Waals surface area contributed by atoms with Gasteiger partial charge in [0.2, 0.25) is 0 Å². The molecule has 7 heavy (non-hydrogen) atoms. The molecule has 36 valence electrons. The molecule has 0 spiro atoms. The summed E-state index contributed by atoms with van der Waals surface area (Å²) in [4.78, 5) is 0. The maximum absolute atomic E-state index is 8.74. The van der Waals surface area contributed by atoms with Gasteiger partial charge in [0.1, 0.15) is 0 Å². The second kappa shape index (κ2) is 5.26. The Bertz CT molecular complexity index is 92.9. The van der Waals surface area contributed by atoms with Crippen molar-refractivity contribution in [2.24, 2.45) is 0 Å². The van der Waals surface area contributed by atoms with E-state index in [4.69, 9.17) is 17.5 Å². The van der Waals surface area contributed by atoms with Crippen LogP contribution in [0.2, 0.25) is 0 Å². The van der Waals surface area contributed by atoms with Crippen LogP contribution >= 0.6 is 0 Å². The van der Waals surface area contributed by atoms with Crippen molar-refractivity contribution in [3.63, 3.8) is 0 Å². The minimum atomic E-state index is -4.67. The predicted molar refractivity (Wildman–Crippen MR) is 14.2 cm³/mol. The Kier molecular flexibility index (Phi) is 11.8. The fourth-order valence-corrected chi connectivity index (χ4v) is 0. The van der Waals surface area contributed by atoms with Crippen molar-refractivity contribution in [3.8, 4) is 0 Å². The third-order valence-corrected chi connectivity index (χ3v) is 0. The van der Waals surface area contributed by atoms with Crippen molar-refractivity contribution < 1.29 is 56.5 Å². The Morgan fingerprint density at radius 1 is 1.00 bits per heavy atom. The first kappa shape index (κ1) is 15.7. The molecule has 0 aliphatic carbocycles. The zero-order chi connectivity index (χ0) is 4.50.